The molecule has 0 spiro atoms. The average Bonchev–Trinajstić information content (AvgIpc) is 3.17. The van der Waals surface area contributed by atoms with E-state index >= 15 is 0 Å². The highest BCUT2D eigenvalue weighted by molar-refractivity contribution is 7.89. The minimum Gasteiger partial charge on any atom is -0.496 e. The Hall–Kier alpha value is -2.66. The molecule has 1 aliphatic rings. The van der Waals surface area contributed by atoms with Crippen LogP contribution in [0.5, 0.6) is 11.5 Å². The Morgan fingerprint density at radius 1 is 1.19 bits per heavy atom. The van der Waals surface area contributed by atoms with Gasteiger partial charge in [-0.05, 0) is 55.8 Å². The molecule has 4 N–H and O–H groups in total. The van der Waals surface area contributed by atoms with Crippen molar-refractivity contribution in [2.45, 2.75) is 30.3 Å². The second kappa shape index (κ2) is 8.46. The Bertz CT molecular complexity index is 1200. The van der Waals surface area contributed by atoms with Gasteiger partial charge in [0.1, 0.15) is 22.1 Å². The van der Waals surface area contributed by atoms with E-state index in [2.05, 4.69) is 10.1 Å². The Balaban J connectivity index is 1.78. The summed E-state index contributed by atoms with van der Waals surface area (Å²) in [6.07, 6.45) is 1.96. The minimum absolute atomic E-state index is 0.107. The molecule has 1 aliphatic heterocycles. The van der Waals surface area contributed by atoms with Gasteiger partial charge in [0.15, 0.2) is 5.58 Å². The van der Waals surface area contributed by atoms with Crippen LogP contribution in [0.1, 0.15) is 18.4 Å². The maximum Gasteiger partial charge on any atom is 0.241 e. The van der Waals surface area contributed by atoms with Crippen molar-refractivity contribution >= 4 is 21.0 Å². The Kier molecular flexibility index (Phi) is 5.89. The Labute approximate surface area is 180 Å². The van der Waals surface area contributed by atoms with Crippen molar-refractivity contribution in [2.75, 3.05) is 27.3 Å². The van der Waals surface area contributed by atoms with Gasteiger partial charge in [0.05, 0.1) is 19.6 Å². The van der Waals surface area contributed by atoms with Gasteiger partial charge in [-0.2, -0.15) is 0 Å². The molecule has 31 heavy (non-hydrogen) atoms. The summed E-state index contributed by atoms with van der Waals surface area (Å²) in [6.45, 7) is 2.64. The van der Waals surface area contributed by atoms with Crippen LogP contribution in [0.3, 0.4) is 0 Å². The third kappa shape index (κ3) is 4.24. The number of likely N-dealkylation sites (tertiary alicyclic amines) is 1. The van der Waals surface area contributed by atoms with E-state index in [9.17, 15) is 8.42 Å². The first-order valence-corrected chi connectivity index (χ1v) is 11.5. The molecule has 0 bridgehead atoms. The van der Waals surface area contributed by atoms with Crippen molar-refractivity contribution in [1.82, 2.24) is 10.1 Å². The molecule has 0 radical (unpaired) electrons. The fraction of sp³-hybridized carbons (Fsp3) is 0.381. The summed E-state index contributed by atoms with van der Waals surface area (Å²) < 4.78 is 40.6. The molecule has 0 amide bonds. The third-order valence-electron chi connectivity index (χ3n) is 5.60. The van der Waals surface area contributed by atoms with Crippen molar-refractivity contribution < 1.29 is 22.4 Å². The molecule has 10 heteroatoms. The SMILES string of the molecule is COc1c(-c2noc3cc(CN4CCC(N)CC4)cc(OC)c23)cccc1S(N)(=O)=O. The zero-order chi connectivity index (χ0) is 22.2. The van der Waals surface area contributed by atoms with E-state index in [1.54, 1.807) is 19.2 Å². The summed E-state index contributed by atoms with van der Waals surface area (Å²) in [6, 6.07) is 8.83. The van der Waals surface area contributed by atoms with Gasteiger partial charge in [0.25, 0.3) is 0 Å². The van der Waals surface area contributed by atoms with Crippen LogP contribution in [0.25, 0.3) is 22.2 Å². The van der Waals surface area contributed by atoms with E-state index in [4.69, 9.17) is 24.9 Å². The zero-order valence-corrected chi connectivity index (χ0v) is 18.3. The monoisotopic (exact) mass is 446 g/mol. The molecule has 0 unspecified atom stereocenters. The van der Waals surface area contributed by atoms with Crippen molar-refractivity contribution in [3.63, 3.8) is 0 Å². The number of piperidine rings is 1. The molecule has 0 aliphatic carbocycles. The summed E-state index contributed by atoms with van der Waals surface area (Å²) in [5.41, 5.74) is 8.45. The van der Waals surface area contributed by atoms with Gasteiger partial charge >= 0.3 is 0 Å². The zero-order valence-electron chi connectivity index (χ0n) is 17.5. The first-order chi connectivity index (χ1) is 14.8. The Morgan fingerprint density at radius 2 is 1.94 bits per heavy atom. The van der Waals surface area contributed by atoms with Gasteiger partial charge in [-0.25, -0.2) is 13.6 Å². The fourth-order valence-corrected chi connectivity index (χ4v) is 4.75. The van der Waals surface area contributed by atoms with Gasteiger partial charge in [-0.15, -0.1) is 0 Å². The van der Waals surface area contributed by atoms with Crippen LogP contribution in [0.2, 0.25) is 0 Å². The van der Waals surface area contributed by atoms with E-state index in [1.807, 2.05) is 12.1 Å². The van der Waals surface area contributed by atoms with Gasteiger partial charge in [0, 0.05) is 18.2 Å². The molecule has 3 aromatic rings. The lowest BCUT2D eigenvalue weighted by Crippen LogP contribution is -2.39. The lowest BCUT2D eigenvalue weighted by atomic mass is 10.0. The number of sulfonamides is 1. The van der Waals surface area contributed by atoms with E-state index in [1.165, 1.54) is 13.2 Å². The normalized spacial score (nSPS) is 16.0. The number of para-hydroxylation sites is 1. The fourth-order valence-electron chi connectivity index (χ4n) is 4.03. The smallest absolute Gasteiger partial charge is 0.241 e. The number of benzene rings is 2. The number of aromatic nitrogens is 1. The van der Waals surface area contributed by atoms with Gasteiger partial charge < -0.3 is 19.7 Å². The van der Waals surface area contributed by atoms with Crippen molar-refractivity contribution in [3.8, 4) is 22.8 Å². The molecular formula is C21H26N4O5S. The van der Waals surface area contributed by atoms with Crippen LogP contribution < -0.4 is 20.3 Å². The molecule has 0 atom stereocenters. The summed E-state index contributed by atoms with van der Waals surface area (Å²) in [5, 5.41) is 10.2. The van der Waals surface area contributed by atoms with E-state index < -0.39 is 10.0 Å². The minimum atomic E-state index is -3.98. The maximum absolute atomic E-state index is 12.0. The number of primary sulfonamides is 1. The summed E-state index contributed by atoms with van der Waals surface area (Å²) in [5.74, 6) is 0.691. The number of hydrogen-bond donors (Lipinski definition) is 2. The average molecular weight is 447 g/mol. The second-order valence-electron chi connectivity index (χ2n) is 7.70. The molecule has 1 fully saturated rings. The lowest BCUT2D eigenvalue weighted by molar-refractivity contribution is 0.205. The standard InChI is InChI=1S/C21H26N4O5S/c1-28-16-10-13(12-25-8-6-14(22)7-9-25)11-17-19(16)20(24-30-17)15-4-3-5-18(21(15)29-2)31(23,26)27/h3-5,10-11,14H,6-9,12,22H2,1-2H3,(H2,23,26,27). The van der Waals surface area contributed by atoms with E-state index in [-0.39, 0.29) is 16.7 Å². The highest BCUT2D eigenvalue weighted by atomic mass is 32.2. The number of nitrogens with two attached hydrogens (primary N) is 2. The lowest BCUT2D eigenvalue weighted by Gasteiger charge is -2.30. The molecule has 1 aromatic heterocycles. The van der Waals surface area contributed by atoms with Crippen LogP contribution in [0, 0.1) is 0 Å². The predicted molar refractivity (Wildman–Crippen MR) is 116 cm³/mol. The first kappa shape index (κ1) is 21.6. The molecule has 2 heterocycles. The quantitative estimate of drug-likeness (QED) is 0.588. The maximum atomic E-state index is 12.0. The highest BCUT2D eigenvalue weighted by Gasteiger charge is 2.25. The van der Waals surface area contributed by atoms with Crippen LogP contribution >= 0.6 is 0 Å². The number of rotatable bonds is 6. The summed E-state index contributed by atoms with van der Waals surface area (Å²) in [4.78, 5) is 2.22. The van der Waals surface area contributed by atoms with Gasteiger partial charge in [-0.3, -0.25) is 4.90 Å². The van der Waals surface area contributed by atoms with E-state index in [0.717, 1.165) is 38.0 Å². The molecule has 0 saturated carbocycles. The van der Waals surface area contributed by atoms with Crippen molar-refractivity contribution in [3.05, 3.63) is 35.9 Å². The number of nitrogens with zero attached hydrogens (tertiary/aromatic N) is 2. The number of ether oxygens (including phenoxy) is 2. The molecule has 166 valence electrons. The second-order valence-corrected chi connectivity index (χ2v) is 9.23. The molecule has 4 rings (SSSR count). The first-order valence-electron chi connectivity index (χ1n) is 9.96. The summed E-state index contributed by atoms with van der Waals surface area (Å²) >= 11 is 0. The number of methoxy groups -OCH3 is 2. The third-order valence-corrected chi connectivity index (χ3v) is 6.54. The predicted octanol–water partition coefficient (Wildman–Crippen LogP) is 2.08. The summed E-state index contributed by atoms with van der Waals surface area (Å²) in [7, 11) is -1.02. The Morgan fingerprint density at radius 3 is 2.58 bits per heavy atom. The largest absolute Gasteiger partial charge is 0.496 e. The molecule has 1 saturated heterocycles. The number of hydrogen-bond acceptors (Lipinski definition) is 8. The van der Waals surface area contributed by atoms with Crippen LogP contribution in [-0.4, -0.2) is 51.8 Å². The van der Waals surface area contributed by atoms with Gasteiger partial charge in [-0.1, -0.05) is 11.2 Å². The molecule has 2 aromatic carbocycles. The van der Waals surface area contributed by atoms with Crippen molar-refractivity contribution in [1.29, 1.82) is 0 Å². The van der Waals surface area contributed by atoms with E-state index in [0.29, 0.717) is 28.0 Å². The van der Waals surface area contributed by atoms with Crippen LogP contribution in [0.4, 0.5) is 0 Å². The number of fused-ring (bicyclic) bond motifs is 1. The topological polar surface area (TPSA) is 134 Å². The molecular weight excluding hydrogens is 420 g/mol. The van der Waals surface area contributed by atoms with Gasteiger partial charge in [0.2, 0.25) is 10.0 Å². The molecule has 9 nitrogen and oxygen atoms in total. The van der Waals surface area contributed by atoms with Crippen LogP contribution in [-0.2, 0) is 16.6 Å². The van der Waals surface area contributed by atoms with Crippen molar-refractivity contribution in [2.24, 2.45) is 10.9 Å². The van der Waals surface area contributed by atoms with Crippen LogP contribution in [0.15, 0.2) is 39.8 Å². The highest BCUT2D eigenvalue weighted by Crippen LogP contribution is 2.41.